The molecule has 0 amide bonds. The molecule has 0 aliphatic heterocycles. The Kier molecular flexibility index (Phi) is 4.58. The van der Waals surface area contributed by atoms with Gasteiger partial charge in [0.1, 0.15) is 17.1 Å². The fourth-order valence-corrected chi connectivity index (χ4v) is 4.56. The molecular formula is C26H21F2N5O. The first kappa shape index (κ1) is 20.7. The van der Waals surface area contributed by atoms with E-state index in [2.05, 4.69) is 25.1 Å². The van der Waals surface area contributed by atoms with E-state index in [0.717, 1.165) is 12.8 Å². The summed E-state index contributed by atoms with van der Waals surface area (Å²) in [6.07, 6.45) is 4.99. The van der Waals surface area contributed by atoms with Crippen LogP contribution in [-0.2, 0) is 5.67 Å². The predicted octanol–water partition coefficient (Wildman–Crippen LogP) is 5.90. The van der Waals surface area contributed by atoms with Crippen LogP contribution in [0.3, 0.4) is 0 Å². The summed E-state index contributed by atoms with van der Waals surface area (Å²) in [4.78, 5) is 16.5. The molecule has 0 bridgehead atoms. The molecule has 1 aromatic carbocycles. The third-order valence-corrected chi connectivity index (χ3v) is 6.40. The number of nitrogens with zero attached hydrogens (tertiary/aromatic N) is 4. The summed E-state index contributed by atoms with van der Waals surface area (Å²) >= 11 is 0. The number of aryl methyl sites for hydroxylation is 2. The smallest absolute Gasteiger partial charge is 0.221 e. The first-order valence-corrected chi connectivity index (χ1v) is 11.2. The summed E-state index contributed by atoms with van der Waals surface area (Å²) in [6.45, 7) is 3.44. The molecular weight excluding hydrogens is 436 g/mol. The molecule has 34 heavy (non-hydrogen) atoms. The minimum Gasteiger partial charge on any atom is -0.361 e. The molecule has 0 unspecified atom stereocenters. The van der Waals surface area contributed by atoms with Crippen molar-refractivity contribution < 1.29 is 13.3 Å². The van der Waals surface area contributed by atoms with Gasteiger partial charge in [-0.2, -0.15) is 0 Å². The zero-order valence-corrected chi connectivity index (χ0v) is 18.6. The first-order chi connectivity index (χ1) is 16.5. The summed E-state index contributed by atoms with van der Waals surface area (Å²) in [5.41, 5.74) is -0.242. The minimum atomic E-state index is -2.28. The number of alkyl halides is 1. The molecule has 1 saturated carbocycles. The van der Waals surface area contributed by atoms with E-state index in [4.69, 9.17) is 4.52 Å². The maximum absolute atomic E-state index is 17.6. The molecule has 1 N–H and O–H groups in total. The minimum absolute atomic E-state index is 0.141. The van der Waals surface area contributed by atoms with Crippen molar-refractivity contribution in [1.29, 1.82) is 0 Å². The molecule has 0 spiro atoms. The lowest BCUT2D eigenvalue weighted by atomic mass is 9.85. The normalized spacial score (nSPS) is 14.1. The number of halogens is 2. The van der Waals surface area contributed by atoms with E-state index >= 15 is 8.78 Å². The Morgan fingerprint density at radius 1 is 1.03 bits per heavy atom. The van der Waals surface area contributed by atoms with Gasteiger partial charge in [0.2, 0.25) is 5.67 Å². The molecule has 4 aromatic heterocycles. The molecule has 8 heteroatoms. The van der Waals surface area contributed by atoms with Gasteiger partial charge in [-0.1, -0.05) is 17.3 Å². The molecule has 1 aliphatic carbocycles. The lowest BCUT2D eigenvalue weighted by Gasteiger charge is -2.26. The number of benzene rings is 1. The van der Waals surface area contributed by atoms with Gasteiger partial charge < -0.3 is 9.51 Å². The lowest BCUT2D eigenvalue weighted by Crippen LogP contribution is -2.27. The van der Waals surface area contributed by atoms with Crippen molar-refractivity contribution in [3.63, 3.8) is 0 Å². The molecule has 6 rings (SSSR count). The summed E-state index contributed by atoms with van der Waals surface area (Å²) < 4.78 is 38.8. The van der Waals surface area contributed by atoms with Crippen LogP contribution in [0.15, 0.2) is 59.4 Å². The lowest BCUT2D eigenvalue weighted by molar-refractivity contribution is 0.268. The van der Waals surface area contributed by atoms with Crippen LogP contribution < -0.4 is 0 Å². The van der Waals surface area contributed by atoms with Crippen LogP contribution in [0, 0.1) is 19.7 Å². The molecule has 170 valence electrons. The first-order valence-electron chi connectivity index (χ1n) is 11.2. The maximum atomic E-state index is 17.6. The van der Waals surface area contributed by atoms with Crippen LogP contribution in [0.2, 0.25) is 0 Å². The predicted molar refractivity (Wildman–Crippen MR) is 122 cm³/mol. The number of hydrogen-bond acceptors (Lipinski definition) is 5. The Balaban J connectivity index is 1.74. The number of imidazole rings is 1. The molecule has 1 fully saturated rings. The summed E-state index contributed by atoms with van der Waals surface area (Å²) in [5, 5.41) is 3.98. The average Bonchev–Trinajstić information content (AvgIpc) is 3.54. The second-order valence-corrected chi connectivity index (χ2v) is 8.69. The van der Waals surface area contributed by atoms with Crippen molar-refractivity contribution in [2.24, 2.45) is 0 Å². The highest BCUT2D eigenvalue weighted by Gasteiger charge is 2.43. The molecule has 0 radical (unpaired) electrons. The zero-order valence-electron chi connectivity index (χ0n) is 18.6. The number of nitrogens with one attached hydrogen (secondary N) is 1. The van der Waals surface area contributed by atoms with Crippen molar-refractivity contribution >= 4 is 11.0 Å². The van der Waals surface area contributed by atoms with Crippen LogP contribution in [0.1, 0.15) is 53.0 Å². The maximum Gasteiger partial charge on any atom is 0.221 e. The van der Waals surface area contributed by atoms with Gasteiger partial charge >= 0.3 is 0 Å². The molecule has 6 nitrogen and oxygen atoms in total. The number of rotatable bonds is 5. The van der Waals surface area contributed by atoms with E-state index in [-0.39, 0.29) is 39.5 Å². The van der Waals surface area contributed by atoms with E-state index in [9.17, 15) is 0 Å². The van der Waals surface area contributed by atoms with Crippen LogP contribution in [-0.4, -0.2) is 25.1 Å². The highest BCUT2D eigenvalue weighted by atomic mass is 19.1. The SMILES string of the molecule is Cc1noc(C)c1-c1cc(C(F)(c2ccccn2)c2ccccn2)c2nc(C3CC3)[nH]c2c1F. The number of pyridine rings is 2. The fraction of sp³-hybridized carbons (Fsp3) is 0.231. The standard InChI is InChI=1S/C26H21F2N5O/c1-14-21(15(2)34-33-14)17-13-18(23-24(22(17)27)32-25(31-23)16-9-10-16)26(28,19-7-3-5-11-29-19)20-8-4-6-12-30-20/h3-8,11-13,16H,9-10H2,1-2H3,(H,31,32). The van der Waals surface area contributed by atoms with Gasteiger partial charge in [-0.05, 0) is 57.0 Å². The quantitative estimate of drug-likeness (QED) is 0.355. The highest BCUT2D eigenvalue weighted by molar-refractivity contribution is 5.89. The van der Waals surface area contributed by atoms with E-state index in [1.807, 2.05) is 0 Å². The van der Waals surface area contributed by atoms with Crippen molar-refractivity contribution in [3.8, 4) is 11.1 Å². The van der Waals surface area contributed by atoms with Gasteiger partial charge in [0, 0.05) is 29.4 Å². The van der Waals surface area contributed by atoms with Crippen molar-refractivity contribution in [1.82, 2.24) is 25.1 Å². The van der Waals surface area contributed by atoms with Gasteiger partial charge in [-0.25, -0.2) is 13.8 Å². The molecule has 0 atom stereocenters. The number of aromatic amines is 1. The highest BCUT2D eigenvalue weighted by Crippen LogP contribution is 2.46. The van der Waals surface area contributed by atoms with Crippen molar-refractivity contribution in [2.45, 2.75) is 38.3 Å². The Hall–Kier alpha value is -3.94. The molecule has 0 saturated heterocycles. The van der Waals surface area contributed by atoms with E-state index in [0.29, 0.717) is 22.8 Å². The second-order valence-electron chi connectivity index (χ2n) is 8.69. The average molecular weight is 457 g/mol. The summed E-state index contributed by atoms with van der Waals surface area (Å²) in [7, 11) is 0. The zero-order chi connectivity index (χ0) is 23.4. The Morgan fingerprint density at radius 2 is 1.71 bits per heavy atom. The Bertz CT molecular complexity index is 1450. The second kappa shape index (κ2) is 7.55. The van der Waals surface area contributed by atoms with Crippen LogP contribution in [0.4, 0.5) is 8.78 Å². The molecule has 5 aromatic rings. The topological polar surface area (TPSA) is 80.5 Å². The molecule has 4 heterocycles. The monoisotopic (exact) mass is 457 g/mol. The third kappa shape index (κ3) is 3.05. The van der Waals surface area contributed by atoms with Crippen LogP contribution in [0.25, 0.3) is 22.2 Å². The van der Waals surface area contributed by atoms with Gasteiger partial charge in [0.25, 0.3) is 0 Å². The number of hydrogen-bond donors (Lipinski definition) is 1. The number of H-pyrrole nitrogens is 1. The van der Waals surface area contributed by atoms with E-state index in [1.165, 1.54) is 18.5 Å². The van der Waals surface area contributed by atoms with Gasteiger partial charge in [0.05, 0.1) is 28.2 Å². The van der Waals surface area contributed by atoms with E-state index in [1.54, 1.807) is 50.2 Å². The largest absolute Gasteiger partial charge is 0.361 e. The Labute approximate surface area is 194 Å². The van der Waals surface area contributed by atoms with Crippen molar-refractivity contribution in [3.05, 3.63) is 94.9 Å². The van der Waals surface area contributed by atoms with E-state index < -0.39 is 11.5 Å². The van der Waals surface area contributed by atoms with Gasteiger partial charge in [-0.3, -0.25) is 9.97 Å². The van der Waals surface area contributed by atoms with Crippen molar-refractivity contribution in [2.75, 3.05) is 0 Å². The van der Waals surface area contributed by atoms with Crippen LogP contribution in [0.5, 0.6) is 0 Å². The van der Waals surface area contributed by atoms with Gasteiger partial charge in [0.15, 0.2) is 5.82 Å². The number of aromatic nitrogens is 5. The van der Waals surface area contributed by atoms with Gasteiger partial charge in [-0.15, -0.1) is 0 Å². The van der Waals surface area contributed by atoms with Crippen LogP contribution >= 0.6 is 0 Å². The Morgan fingerprint density at radius 3 is 2.24 bits per heavy atom. The summed E-state index contributed by atoms with van der Waals surface area (Å²) in [6, 6.07) is 11.6. The third-order valence-electron chi connectivity index (χ3n) is 6.40. The molecule has 1 aliphatic rings. The summed E-state index contributed by atoms with van der Waals surface area (Å²) in [5.74, 6) is 0.817. The number of fused-ring (bicyclic) bond motifs is 1. The fourth-order valence-electron chi connectivity index (χ4n) is 4.56.